The Labute approximate surface area is 136 Å². The van der Waals surface area contributed by atoms with E-state index in [1.54, 1.807) is 0 Å². The Morgan fingerprint density at radius 3 is 1.79 bits per heavy atom. The van der Waals surface area contributed by atoms with Gasteiger partial charge in [-0.05, 0) is 0 Å². The molecule has 12 nitrogen and oxygen atoms in total. The van der Waals surface area contributed by atoms with E-state index in [0.717, 1.165) is 0 Å². The Bertz CT molecular complexity index is 379. The summed E-state index contributed by atoms with van der Waals surface area (Å²) >= 11 is 0. The molecule has 12 heteroatoms. The molecular formula is C12H24O12. The maximum atomic E-state index is 9.94. The molecule has 2 heterocycles. The standard InChI is InChI=1S/C12H22O11.H2O/c13-1-3-5(15)6(16)9(19)12(22-3)23-10-4(2-14)21-11(20)8(18)7(10)17;/h3-20H,1-2H2;1H2/t3-,4-,5+,6-,7-,8-,9-,10-,11+,12+;/m1./s1. The predicted molar refractivity (Wildman–Crippen MR) is 72.2 cm³/mol. The maximum Gasteiger partial charge on any atom is 0.187 e. The van der Waals surface area contributed by atoms with Crippen molar-refractivity contribution in [1.82, 2.24) is 0 Å². The molecule has 0 saturated carbocycles. The van der Waals surface area contributed by atoms with Gasteiger partial charge in [0, 0.05) is 0 Å². The first-order valence-corrected chi connectivity index (χ1v) is 7.08. The molecule has 2 fully saturated rings. The van der Waals surface area contributed by atoms with Gasteiger partial charge >= 0.3 is 0 Å². The van der Waals surface area contributed by atoms with Gasteiger partial charge in [0.2, 0.25) is 0 Å². The van der Waals surface area contributed by atoms with Gasteiger partial charge in [0.05, 0.1) is 13.2 Å². The summed E-state index contributed by atoms with van der Waals surface area (Å²) in [5.41, 5.74) is 0. The van der Waals surface area contributed by atoms with Crippen molar-refractivity contribution in [3.8, 4) is 0 Å². The maximum absolute atomic E-state index is 9.94. The number of hydrogen-bond donors (Lipinski definition) is 8. The minimum atomic E-state index is -1.74. The third kappa shape index (κ3) is 4.01. The summed E-state index contributed by atoms with van der Waals surface area (Å²) in [4.78, 5) is 0. The second-order valence-electron chi connectivity index (χ2n) is 5.53. The molecule has 0 aromatic carbocycles. The SMILES string of the molecule is O.OC[C@H]1O[C@@H](O[C@H]2[C@H](O)[C@@H](O)[C@@H](O)O[C@@H]2CO)[C@H](O)[C@H](O)[C@H]1O. The molecule has 0 aromatic heterocycles. The molecule has 24 heavy (non-hydrogen) atoms. The highest BCUT2D eigenvalue weighted by Crippen LogP contribution is 2.28. The van der Waals surface area contributed by atoms with Crippen molar-refractivity contribution in [3.63, 3.8) is 0 Å². The van der Waals surface area contributed by atoms with Crippen LogP contribution in [0.5, 0.6) is 0 Å². The number of aliphatic hydroxyl groups excluding tert-OH is 8. The van der Waals surface area contributed by atoms with Crippen molar-refractivity contribution < 1.29 is 60.5 Å². The zero-order valence-corrected chi connectivity index (χ0v) is 12.5. The highest BCUT2D eigenvalue weighted by atomic mass is 16.7. The first kappa shape index (κ1) is 21.6. The van der Waals surface area contributed by atoms with E-state index in [1.807, 2.05) is 0 Å². The van der Waals surface area contributed by atoms with Crippen LogP contribution < -0.4 is 0 Å². The van der Waals surface area contributed by atoms with Gasteiger partial charge in [-0.1, -0.05) is 0 Å². The quantitative estimate of drug-likeness (QED) is 0.235. The molecule has 10 atom stereocenters. The first-order chi connectivity index (χ1) is 10.8. The molecule has 2 rings (SSSR count). The normalized spacial score (nSPS) is 49.5. The van der Waals surface area contributed by atoms with E-state index in [2.05, 4.69) is 0 Å². The van der Waals surface area contributed by atoms with E-state index < -0.39 is 74.6 Å². The summed E-state index contributed by atoms with van der Waals surface area (Å²) < 4.78 is 15.3. The third-order valence-corrected chi connectivity index (χ3v) is 3.98. The van der Waals surface area contributed by atoms with Crippen molar-refractivity contribution in [2.45, 2.75) is 61.4 Å². The lowest BCUT2D eigenvalue weighted by atomic mass is 9.97. The average Bonchev–Trinajstić information content (AvgIpc) is 2.55. The smallest absolute Gasteiger partial charge is 0.187 e. The second kappa shape index (κ2) is 8.75. The summed E-state index contributed by atoms with van der Waals surface area (Å²) in [6, 6.07) is 0. The van der Waals surface area contributed by atoms with E-state index in [4.69, 9.17) is 19.3 Å². The Kier molecular flexibility index (Phi) is 7.86. The van der Waals surface area contributed by atoms with Crippen LogP contribution in [0.2, 0.25) is 0 Å². The summed E-state index contributed by atoms with van der Waals surface area (Å²) in [6.45, 7) is -1.35. The fourth-order valence-electron chi connectivity index (χ4n) is 2.57. The third-order valence-electron chi connectivity index (χ3n) is 3.98. The molecule has 0 bridgehead atoms. The topological polar surface area (TPSA) is 221 Å². The number of ether oxygens (including phenoxy) is 3. The van der Waals surface area contributed by atoms with Crippen molar-refractivity contribution in [1.29, 1.82) is 0 Å². The lowest BCUT2D eigenvalue weighted by Crippen LogP contribution is -2.64. The Morgan fingerprint density at radius 1 is 0.667 bits per heavy atom. The van der Waals surface area contributed by atoms with E-state index in [1.165, 1.54) is 0 Å². The second-order valence-corrected chi connectivity index (χ2v) is 5.53. The van der Waals surface area contributed by atoms with Crippen LogP contribution in [0.25, 0.3) is 0 Å². The Hall–Kier alpha value is -0.480. The summed E-state index contributed by atoms with van der Waals surface area (Å²) in [5.74, 6) is 0. The molecule has 0 amide bonds. The van der Waals surface area contributed by atoms with Crippen LogP contribution in [0.1, 0.15) is 0 Å². The van der Waals surface area contributed by atoms with Crippen molar-refractivity contribution in [3.05, 3.63) is 0 Å². The summed E-state index contributed by atoms with van der Waals surface area (Å²) in [5, 5.41) is 76.5. The highest BCUT2D eigenvalue weighted by molar-refractivity contribution is 4.93. The molecule has 0 aliphatic carbocycles. The zero-order valence-electron chi connectivity index (χ0n) is 12.5. The first-order valence-electron chi connectivity index (χ1n) is 7.08. The number of hydrogen-bond acceptors (Lipinski definition) is 11. The van der Waals surface area contributed by atoms with Gasteiger partial charge < -0.3 is 60.5 Å². The molecule has 0 radical (unpaired) electrons. The predicted octanol–water partition coefficient (Wildman–Crippen LogP) is -6.22. The molecule has 0 aromatic rings. The number of rotatable bonds is 4. The lowest BCUT2D eigenvalue weighted by molar-refractivity contribution is -0.355. The van der Waals surface area contributed by atoms with Gasteiger partial charge in [0.1, 0.15) is 48.8 Å². The zero-order chi connectivity index (χ0) is 17.3. The van der Waals surface area contributed by atoms with Crippen LogP contribution in [0.15, 0.2) is 0 Å². The molecule has 2 aliphatic heterocycles. The molecule has 2 aliphatic rings. The minimum Gasteiger partial charge on any atom is -0.412 e. The van der Waals surface area contributed by atoms with Crippen LogP contribution in [0, 0.1) is 0 Å². The van der Waals surface area contributed by atoms with Crippen LogP contribution in [-0.4, -0.2) is 121 Å². The Morgan fingerprint density at radius 2 is 1.25 bits per heavy atom. The molecule has 10 N–H and O–H groups in total. The van der Waals surface area contributed by atoms with Gasteiger partial charge in [-0.3, -0.25) is 0 Å². The van der Waals surface area contributed by atoms with Crippen LogP contribution in [-0.2, 0) is 14.2 Å². The highest BCUT2D eigenvalue weighted by Gasteiger charge is 2.50. The molecule has 144 valence electrons. The number of aliphatic hydroxyl groups is 8. The van der Waals surface area contributed by atoms with Gasteiger partial charge in [0.15, 0.2) is 12.6 Å². The van der Waals surface area contributed by atoms with Gasteiger partial charge in [-0.2, -0.15) is 0 Å². The average molecular weight is 360 g/mol. The largest absolute Gasteiger partial charge is 0.412 e. The van der Waals surface area contributed by atoms with Crippen LogP contribution >= 0.6 is 0 Å². The van der Waals surface area contributed by atoms with Gasteiger partial charge in [-0.15, -0.1) is 0 Å². The van der Waals surface area contributed by atoms with E-state index in [9.17, 15) is 35.7 Å². The van der Waals surface area contributed by atoms with Crippen LogP contribution in [0.3, 0.4) is 0 Å². The Balaban J connectivity index is 0.00000288. The lowest BCUT2D eigenvalue weighted by Gasteiger charge is -2.45. The summed E-state index contributed by atoms with van der Waals surface area (Å²) in [6.07, 6.45) is -15.6. The van der Waals surface area contributed by atoms with E-state index in [-0.39, 0.29) is 5.48 Å². The van der Waals surface area contributed by atoms with Crippen molar-refractivity contribution in [2.24, 2.45) is 0 Å². The van der Waals surface area contributed by atoms with Crippen molar-refractivity contribution in [2.75, 3.05) is 13.2 Å². The molecular weight excluding hydrogens is 336 g/mol. The van der Waals surface area contributed by atoms with Crippen molar-refractivity contribution >= 4 is 0 Å². The van der Waals surface area contributed by atoms with Crippen LogP contribution in [0.4, 0.5) is 0 Å². The molecule has 0 spiro atoms. The summed E-state index contributed by atoms with van der Waals surface area (Å²) in [7, 11) is 0. The van der Waals surface area contributed by atoms with Gasteiger partial charge in [-0.25, -0.2) is 0 Å². The van der Waals surface area contributed by atoms with E-state index >= 15 is 0 Å². The monoisotopic (exact) mass is 360 g/mol. The van der Waals surface area contributed by atoms with Gasteiger partial charge in [0.25, 0.3) is 0 Å². The molecule has 0 unspecified atom stereocenters. The molecule has 2 saturated heterocycles. The fourth-order valence-corrected chi connectivity index (χ4v) is 2.57. The van der Waals surface area contributed by atoms with E-state index in [0.29, 0.717) is 0 Å². The minimum absolute atomic E-state index is 0. The fraction of sp³-hybridized carbons (Fsp3) is 1.00.